The van der Waals surface area contributed by atoms with Crippen molar-refractivity contribution >= 4 is 41.0 Å². The van der Waals surface area contributed by atoms with Crippen LogP contribution in [-0.4, -0.2) is 101 Å². The second-order valence-electron chi connectivity index (χ2n) is 9.50. The first-order chi connectivity index (χ1) is 15.3. The first-order valence-corrected chi connectivity index (χ1v) is 12.4. The predicted molar refractivity (Wildman–Crippen MR) is 119 cm³/mol. The molecule has 4 rings (SSSR count). The molecule has 3 saturated heterocycles. The number of amides is 4. The van der Waals surface area contributed by atoms with Gasteiger partial charge in [0.1, 0.15) is 24.9 Å². The van der Waals surface area contributed by atoms with Crippen LogP contribution in [0, 0.1) is 11.8 Å². The van der Waals surface area contributed by atoms with E-state index in [1.807, 2.05) is 0 Å². The van der Waals surface area contributed by atoms with Gasteiger partial charge in [-0.05, 0) is 38.0 Å². The Bertz CT molecular complexity index is 732. The SMILES string of the molecule is CNC(=O)N1CC(C2C(=O)N(C3NCC(Cl)CC3F)CC(=O)N2CC2CCC(Cl)CC2)C1. The Morgan fingerprint density at radius 1 is 1.16 bits per heavy atom. The summed E-state index contributed by atoms with van der Waals surface area (Å²) in [5.74, 6) is -0.281. The average molecular weight is 492 g/mol. The first-order valence-electron chi connectivity index (χ1n) is 11.5. The van der Waals surface area contributed by atoms with Gasteiger partial charge in [-0.15, -0.1) is 23.2 Å². The fraction of sp³-hybridized carbons (Fsp3) is 0.857. The van der Waals surface area contributed by atoms with E-state index >= 15 is 0 Å². The van der Waals surface area contributed by atoms with Crippen LogP contribution in [0.3, 0.4) is 0 Å². The van der Waals surface area contributed by atoms with Gasteiger partial charge in [0.05, 0.1) is 0 Å². The van der Waals surface area contributed by atoms with E-state index in [-0.39, 0.29) is 47.5 Å². The normalized spacial score (nSPS) is 36.8. The maximum atomic E-state index is 14.8. The second-order valence-corrected chi connectivity index (χ2v) is 10.7. The Labute approximate surface area is 198 Å². The Kier molecular flexibility index (Phi) is 7.36. The highest BCUT2D eigenvalue weighted by Crippen LogP contribution is 2.34. The number of alkyl halides is 3. The highest BCUT2D eigenvalue weighted by Gasteiger charge is 2.51. The molecule has 0 aromatic carbocycles. The lowest BCUT2D eigenvalue weighted by atomic mass is 9.84. The number of urea groups is 1. The summed E-state index contributed by atoms with van der Waals surface area (Å²) >= 11 is 12.3. The third-order valence-electron chi connectivity index (χ3n) is 7.29. The van der Waals surface area contributed by atoms with Crippen molar-refractivity contribution in [3.63, 3.8) is 0 Å². The van der Waals surface area contributed by atoms with Gasteiger partial charge in [0.2, 0.25) is 11.8 Å². The van der Waals surface area contributed by atoms with Crippen LogP contribution in [0.2, 0.25) is 0 Å². The maximum absolute atomic E-state index is 14.8. The van der Waals surface area contributed by atoms with Crippen molar-refractivity contribution in [3.05, 3.63) is 0 Å². The van der Waals surface area contributed by atoms with Crippen LogP contribution in [0.1, 0.15) is 32.1 Å². The standard InChI is InChI=1S/C21H32Cl2FN5O3/c1-25-21(32)27-9-13(10-27)18-20(31)29(19-16(24)6-15(23)7-26-19)11-17(30)28(18)8-12-2-4-14(22)5-3-12/h12-16,18-19,26H,2-11H2,1H3,(H,25,32). The number of carbonyl (C=O) groups excluding carboxylic acids is 3. The molecule has 180 valence electrons. The largest absolute Gasteiger partial charge is 0.341 e. The predicted octanol–water partition coefficient (Wildman–Crippen LogP) is 1.36. The van der Waals surface area contributed by atoms with Gasteiger partial charge in [0.15, 0.2) is 0 Å². The number of likely N-dealkylation sites (tertiary alicyclic amines) is 1. The Balaban J connectivity index is 1.51. The van der Waals surface area contributed by atoms with E-state index in [2.05, 4.69) is 10.6 Å². The molecule has 1 aliphatic carbocycles. The molecular formula is C21H32Cl2FN5O3. The van der Waals surface area contributed by atoms with E-state index in [1.54, 1.807) is 16.8 Å². The number of nitrogens with one attached hydrogen (secondary N) is 2. The van der Waals surface area contributed by atoms with Crippen molar-refractivity contribution < 1.29 is 18.8 Å². The van der Waals surface area contributed by atoms with E-state index in [9.17, 15) is 18.8 Å². The topological polar surface area (TPSA) is 85.0 Å². The molecule has 0 radical (unpaired) electrons. The minimum Gasteiger partial charge on any atom is -0.341 e. The third kappa shape index (κ3) is 4.80. The first kappa shape index (κ1) is 23.8. The molecule has 4 aliphatic rings. The van der Waals surface area contributed by atoms with Crippen LogP contribution in [0.15, 0.2) is 0 Å². The molecule has 0 bridgehead atoms. The molecule has 4 unspecified atom stereocenters. The smallest absolute Gasteiger partial charge is 0.317 e. The number of piperidine rings is 1. The molecule has 3 aliphatic heterocycles. The molecule has 8 nitrogen and oxygen atoms in total. The summed E-state index contributed by atoms with van der Waals surface area (Å²) in [4.78, 5) is 43.5. The molecule has 11 heteroatoms. The molecule has 4 atom stereocenters. The molecule has 4 amide bonds. The highest BCUT2D eigenvalue weighted by molar-refractivity contribution is 6.21. The monoisotopic (exact) mass is 491 g/mol. The van der Waals surface area contributed by atoms with Gasteiger partial charge >= 0.3 is 6.03 Å². The maximum Gasteiger partial charge on any atom is 0.317 e. The molecule has 0 spiro atoms. The van der Waals surface area contributed by atoms with Crippen molar-refractivity contribution in [3.8, 4) is 0 Å². The summed E-state index contributed by atoms with van der Waals surface area (Å²) in [5.41, 5.74) is 0. The van der Waals surface area contributed by atoms with Crippen LogP contribution < -0.4 is 10.6 Å². The average Bonchev–Trinajstić information content (AvgIpc) is 2.73. The minimum absolute atomic E-state index is 0.140. The Morgan fingerprint density at radius 3 is 2.47 bits per heavy atom. The van der Waals surface area contributed by atoms with E-state index in [0.717, 1.165) is 25.7 Å². The van der Waals surface area contributed by atoms with Gasteiger partial charge in [-0.2, -0.15) is 0 Å². The van der Waals surface area contributed by atoms with Gasteiger partial charge < -0.3 is 20.0 Å². The van der Waals surface area contributed by atoms with Crippen molar-refractivity contribution in [1.82, 2.24) is 25.3 Å². The molecule has 2 N–H and O–H groups in total. The summed E-state index contributed by atoms with van der Waals surface area (Å²) in [6.07, 6.45) is 1.60. The van der Waals surface area contributed by atoms with Crippen molar-refractivity contribution in [2.75, 3.05) is 39.8 Å². The molecule has 4 fully saturated rings. The molecule has 0 aromatic heterocycles. The van der Waals surface area contributed by atoms with Crippen molar-refractivity contribution in [1.29, 1.82) is 0 Å². The van der Waals surface area contributed by atoms with Gasteiger partial charge in [-0.3, -0.25) is 14.9 Å². The summed E-state index contributed by atoms with van der Waals surface area (Å²) in [6, 6.07) is -0.890. The van der Waals surface area contributed by atoms with Crippen LogP contribution in [-0.2, 0) is 9.59 Å². The molecular weight excluding hydrogens is 460 g/mol. The number of rotatable bonds is 4. The molecule has 0 aromatic rings. The van der Waals surface area contributed by atoms with Gasteiger partial charge in [-0.1, -0.05) is 0 Å². The Hall–Kier alpha value is -1.32. The fourth-order valence-electron chi connectivity index (χ4n) is 5.44. The molecule has 1 saturated carbocycles. The zero-order chi connectivity index (χ0) is 23.0. The molecule has 32 heavy (non-hydrogen) atoms. The lowest BCUT2D eigenvalue weighted by molar-refractivity contribution is -0.167. The quantitative estimate of drug-likeness (QED) is 0.581. The zero-order valence-corrected chi connectivity index (χ0v) is 19.8. The number of halogens is 3. The van der Waals surface area contributed by atoms with Gasteiger partial charge in [-0.25, -0.2) is 9.18 Å². The van der Waals surface area contributed by atoms with E-state index in [1.165, 1.54) is 4.90 Å². The van der Waals surface area contributed by atoms with Crippen molar-refractivity contribution in [2.24, 2.45) is 11.8 Å². The summed E-state index contributed by atoms with van der Waals surface area (Å²) in [5, 5.41) is 5.43. The summed E-state index contributed by atoms with van der Waals surface area (Å²) in [7, 11) is 1.56. The van der Waals surface area contributed by atoms with Crippen LogP contribution in [0.25, 0.3) is 0 Å². The number of hydrogen-bond donors (Lipinski definition) is 2. The van der Waals surface area contributed by atoms with Crippen molar-refractivity contribution in [2.45, 2.75) is 61.2 Å². The van der Waals surface area contributed by atoms with E-state index < -0.39 is 18.4 Å². The van der Waals surface area contributed by atoms with Crippen LogP contribution in [0.4, 0.5) is 9.18 Å². The lowest BCUT2D eigenvalue weighted by Gasteiger charge is -2.52. The van der Waals surface area contributed by atoms with Crippen LogP contribution in [0.5, 0.6) is 0 Å². The number of carbonyl (C=O) groups is 3. The van der Waals surface area contributed by atoms with Gasteiger partial charge in [0.25, 0.3) is 0 Å². The number of hydrogen-bond acceptors (Lipinski definition) is 4. The fourth-order valence-corrected chi connectivity index (χ4v) is 5.95. The molecule has 3 heterocycles. The minimum atomic E-state index is -1.34. The second kappa shape index (κ2) is 9.89. The zero-order valence-electron chi connectivity index (χ0n) is 18.3. The van der Waals surface area contributed by atoms with E-state index in [0.29, 0.717) is 32.1 Å². The lowest BCUT2D eigenvalue weighted by Crippen LogP contribution is -2.72. The third-order valence-corrected chi connectivity index (χ3v) is 8.06. The Morgan fingerprint density at radius 2 is 1.84 bits per heavy atom. The highest BCUT2D eigenvalue weighted by atomic mass is 35.5. The summed E-state index contributed by atoms with van der Waals surface area (Å²) < 4.78 is 14.8. The summed E-state index contributed by atoms with van der Waals surface area (Å²) in [6.45, 7) is 1.53. The van der Waals surface area contributed by atoms with Crippen LogP contribution >= 0.6 is 23.2 Å². The van der Waals surface area contributed by atoms with Gasteiger partial charge in [0, 0.05) is 49.9 Å². The number of nitrogens with zero attached hydrogens (tertiary/aromatic N) is 3. The number of piperazine rings is 1. The van der Waals surface area contributed by atoms with E-state index in [4.69, 9.17) is 23.2 Å².